The molecule has 0 bridgehead atoms. The van der Waals surface area contributed by atoms with Crippen LogP contribution in [0.15, 0.2) is 12.2 Å². The number of carbonyl (C=O) groups is 3. The summed E-state index contributed by atoms with van der Waals surface area (Å²) in [4.78, 5) is 34.3. The second-order valence-electron chi connectivity index (χ2n) is 6.89. The number of hydrogen-bond donors (Lipinski definition) is 1. The normalized spacial score (nSPS) is 11.4. The van der Waals surface area contributed by atoms with E-state index in [1.165, 1.54) is 6.42 Å². The Hall–Kier alpha value is -2.05. The van der Waals surface area contributed by atoms with Gasteiger partial charge in [0.15, 0.2) is 0 Å². The van der Waals surface area contributed by atoms with E-state index < -0.39 is 12.1 Å². The molecule has 1 amide bonds. The van der Waals surface area contributed by atoms with Crippen LogP contribution in [-0.2, 0) is 23.8 Å². The Kier molecular flexibility index (Phi) is 15.8. The first-order valence-corrected chi connectivity index (χ1v) is 10.3. The van der Waals surface area contributed by atoms with Gasteiger partial charge in [-0.3, -0.25) is 4.79 Å². The maximum absolute atomic E-state index is 11.8. The Morgan fingerprint density at radius 1 is 0.964 bits per heavy atom. The third-order valence-corrected chi connectivity index (χ3v) is 4.23. The maximum atomic E-state index is 11.8. The van der Waals surface area contributed by atoms with E-state index in [-0.39, 0.29) is 25.7 Å². The summed E-state index contributed by atoms with van der Waals surface area (Å²) < 4.78 is 15.2. The zero-order valence-corrected chi connectivity index (χ0v) is 17.7. The average Bonchev–Trinajstić information content (AvgIpc) is 2.67. The van der Waals surface area contributed by atoms with Crippen molar-refractivity contribution in [3.8, 4) is 0 Å². The Labute approximate surface area is 169 Å². The van der Waals surface area contributed by atoms with Gasteiger partial charge in [-0.1, -0.05) is 39.7 Å². The lowest BCUT2D eigenvalue weighted by Crippen LogP contribution is -2.29. The Balaban J connectivity index is 3.57. The van der Waals surface area contributed by atoms with Crippen molar-refractivity contribution >= 4 is 18.0 Å². The Bertz CT molecular complexity index is 478. The van der Waals surface area contributed by atoms with E-state index in [4.69, 9.17) is 14.2 Å². The molecule has 1 unspecified atom stereocenters. The van der Waals surface area contributed by atoms with E-state index in [0.29, 0.717) is 37.4 Å². The van der Waals surface area contributed by atoms with Gasteiger partial charge in [0.1, 0.15) is 6.61 Å². The van der Waals surface area contributed by atoms with Gasteiger partial charge < -0.3 is 19.5 Å². The van der Waals surface area contributed by atoms with Crippen molar-refractivity contribution in [3.63, 3.8) is 0 Å². The van der Waals surface area contributed by atoms with E-state index >= 15 is 0 Å². The molecule has 0 radical (unpaired) electrons. The summed E-state index contributed by atoms with van der Waals surface area (Å²) >= 11 is 0. The average molecular weight is 400 g/mol. The first-order valence-electron chi connectivity index (χ1n) is 10.3. The molecule has 28 heavy (non-hydrogen) atoms. The molecule has 1 atom stereocenters. The number of alkyl carbamates (subject to hydrolysis) is 1. The van der Waals surface area contributed by atoms with Crippen molar-refractivity contribution in [2.75, 3.05) is 26.4 Å². The van der Waals surface area contributed by atoms with Crippen molar-refractivity contribution in [1.82, 2.24) is 5.32 Å². The first-order chi connectivity index (χ1) is 13.4. The van der Waals surface area contributed by atoms with Crippen LogP contribution in [0.2, 0.25) is 0 Å². The number of amides is 1. The van der Waals surface area contributed by atoms with E-state index in [2.05, 4.69) is 25.7 Å². The minimum absolute atomic E-state index is 0.0697. The summed E-state index contributed by atoms with van der Waals surface area (Å²) in [6.07, 6.45) is 6.49. The van der Waals surface area contributed by atoms with Gasteiger partial charge >= 0.3 is 18.0 Å². The molecule has 0 aromatic rings. The predicted octanol–water partition coefficient (Wildman–Crippen LogP) is 4.15. The third-order valence-electron chi connectivity index (χ3n) is 4.23. The summed E-state index contributed by atoms with van der Waals surface area (Å²) in [5, 5.41) is 2.49. The lowest BCUT2D eigenvalue weighted by atomic mass is 10.0. The molecule has 0 saturated carbocycles. The molecule has 7 heteroatoms. The maximum Gasteiger partial charge on any atom is 0.407 e. The molecular weight excluding hydrogens is 362 g/mol. The third kappa shape index (κ3) is 15.1. The Morgan fingerprint density at radius 3 is 2.36 bits per heavy atom. The van der Waals surface area contributed by atoms with Crippen LogP contribution in [0.4, 0.5) is 4.79 Å². The number of unbranched alkanes of at least 4 members (excludes halogenated alkanes) is 3. The fourth-order valence-electron chi connectivity index (χ4n) is 2.37. The van der Waals surface area contributed by atoms with Gasteiger partial charge in [-0.25, -0.2) is 9.59 Å². The summed E-state index contributed by atoms with van der Waals surface area (Å²) in [6, 6.07) is 0. The standard InChI is InChI=1S/C21H37NO6/c1-5-7-11-18(6-2)16-28-19(23)12-9-8-10-14-27-21(25)22-13-15-26-20(24)17(3)4/h18H,3,5-16H2,1-2,4H3,(H,22,25). The molecule has 0 aliphatic heterocycles. The van der Waals surface area contributed by atoms with Gasteiger partial charge in [-0.15, -0.1) is 0 Å². The number of rotatable bonds is 16. The summed E-state index contributed by atoms with van der Waals surface area (Å²) in [6.45, 7) is 10.3. The topological polar surface area (TPSA) is 90.9 Å². The van der Waals surface area contributed by atoms with Crippen molar-refractivity contribution in [1.29, 1.82) is 0 Å². The molecule has 7 nitrogen and oxygen atoms in total. The van der Waals surface area contributed by atoms with Crippen molar-refractivity contribution in [2.45, 2.75) is 72.1 Å². The van der Waals surface area contributed by atoms with Gasteiger partial charge in [0.25, 0.3) is 0 Å². The van der Waals surface area contributed by atoms with E-state index in [9.17, 15) is 14.4 Å². The number of esters is 2. The molecule has 0 rings (SSSR count). The molecule has 0 aliphatic rings. The smallest absolute Gasteiger partial charge is 0.407 e. The highest BCUT2D eigenvalue weighted by atomic mass is 16.6. The summed E-state index contributed by atoms with van der Waals surface area (Å²) in [7, 11) is 0. The lowest BCUT2D eigenvalue weighted by molar-refractivity contribution is -0.145. The first kappa shape index (κ1) is 26.0. The number of ether oxygens (including phenoxy) is 3. The molecule has 0 aliphatic carbocycles. The Morgan fingerprint density at radius 2 is 1.71 bits per heavy atom. The number of nitrogens with one attached hydrogen (secondary N) is 1. The van der Waals surface area contributed by atoms with E-state index in [1.54, 1.807) is 6.92 Å². The van der Waals surface area contributed by atoms with E-state index in [0.717, 1.165) is 25.7 Å². The fraction of sp³-hybridized carbons (Fsp3) is 0.762. The molecule has 0 saturated heterocycles. The SMILES string of the molecule is C=C(C)C(=O)OCCNC(=O)OCCCCCC(=O)OCC(CC)CCCC. The minimum atomic E-state index is -0.552. The molecule has 0 heterocycles. The molecule has 162 valence electrons. The van der Waals surface area contributed by atoms with Gasteiger partial charge in [0, 0.05) is 12.0 Å². The largest absolute Gasteiger partial charge is 0.465 e. The van der Waals surface area contributed by atoms with Crippen molar-refractivity contribution in [2.24, 2.45) is 5.92 Å². The molecule has 0 fully saturated rings. The van der Waals surface area contributed by atoms with Gasteiger partial charge in [-0.05, 0) is 38.5 Å². The number of carbonyl (C=O) groups excluding carboxylic acids is 3. The van der Waals surface area contributed by atoms with E-state index in [1.807, 2.05) is 0 Å². The highest BCUT2D eigenvalue weighted by Crippen LogP contribution is 2.13. The molecule has 0 aromatic carbocycles. The zero-order valence-electron chi connectivity index (χ0n) is 17.7. The highest BCUT2D eigenvalue weighted by Gasteiger charge is 2.10. The quantitative estimate of drug-likeness (QED) is 0.181. The van der Waals surface area contributed by atoms with Gasteiger partial charge in [0.2, 0.25) is 0 Å². The van der Waals surface area contributed by atoms with Crippen LogP contribution in [0, 0.1) is 5.92 Å². The zero-order chi connectivity index (χ0) is 21.2. The lowest BCUT2D eigenvalue weighted by Gasteiger charge is -2.14. The summed E-state index contributed by atoms with van der Waals surface area (Å²) in [5.74, 6) is -0.182. The van der Waals surface area contributed by atoms with Crippen LogP contribution < -0.4 is 5.32 Å². The monoisotopic (exact) mass is 399 g/mol. The minimum Gasteiger partial charge on any atom is -0.465 e. The molecule has 1 N–H and O–H groups in total. The van der Waals surface area contributed by atoms with Crippen LogP contribution in [0.25, 0.3) is 0 Å². The van der Waals surface area contributed by atoms with Gasteiger partial charge in [-0.2, -0.15) is 0 Å². The second kappa shape index (κ2) is 17.1. The molecule has 0 aromatic heterocycles. The van der Waals surface area contributed by atoms with Gasteiger partial charge in [0.05, 0.1) is 19.8 Å². The van der Waals surface area contributed by atoms with Crippen molar-refractivity contribution in [3.05, 3.63) is 12.2 Å². The second-order valence-corrected chi connectivity index (χ2v) is 6.89. The van der Waals surface area contributed by atoms with Crippen LogP contribution in [0.3, 0.4) is 0 Å². The number of hydrogen-bond acceptors (Lipinski definition) is 6. The highest BCUT2D eigenvalue weighted by molar-refractivity contribution is 5.86. The van der Waals surface area contributed by atoms with Crippen LogP contribution in [-0.4, -0.2) is 44.4 Å². The predicted molar refractivity (Wildman–Crippen MR) is 108 cm³/mol. The van der Waals surface area contributed by atoms with Crippen molar-refractivity contribution < 1.29 is 28.6 Å². The van der Waals surface area contributed by atoms with Crippen LogP contribution in [0.1, 0.15) is 72.1 Å². The molecular formula is C21H37NO6. The fourth-order valence-corrected chi connectivity index (χ4v) is 2.37. The van der Waals surface area contributed by atoms with Crippen LogP contribution in [0.5, 0.6) is 0 Å². The molecule has 0 spiro atoms. The van der Waals surface area contributed by atoms with Crippen LogP contribution >= 0.6 is 0 Å². The summed E-state index contributed by atoms with van der Waals surface area (Å²) in [5.41, 5.74) is 0.313.